The van der Waals surface area contributed by atoms with Gasteiger partial charge in [0.2, 0.25) is 0 Å². The van der Waals surface area contributed by atoms with Crippen molar-refractivity contribution in [3.05, 3.63) is 40.4 Å². The second-order valence-electron chi connectivity index (χ2n) is 4.08. The maximum atomic E-state index is 13.1. The zero-order chi connectivity index (χ0) is 13.3. The molecule has 0 spiro atoms. The van der Waals surface area contributed by atoms with Gasteiger partial charge >= 0.3 is 0 Å². The molecule has 18 heavy (non-hydrogen) atoms. The third kappa shape index (κ3) is 2.23. The molecule has 1 unspecified atom stereocenters. The van der Waals surface area contributed by atoms with Crippen molar-refractivity contribution < 1.29 is 4.39 Å². The van der Waals surface area contributed by atoms with Gasteiger partial charge in [-0.15, -0.1) is 5.10 Å². The summed E-state index contributed by atoms with van der Waals surface area (Å²) in [4.78, 5) is 0. The molecule has 0 aliphatic heterocycles. The molecule has 96 valence electrons. The minimum absolute atomic E-state index is 0.0746. The summed E-state index contributed by atoms with van der Waals surface area (Å²) in [6, 6.07) is 4.58. The van der Waals surface area contributed by atoms with Crippen LogP contribution in [0.5, 0.6) is 0 Å². The number of halogens is 2. The summed E-state index contributed by atoms with van der Waals surface area (Å²) in [6.07, 6.45) is 0. The number of rotatable bonds is 3. The van der Waals surface area contributed by atoms with Gasteiger partial charge in [0.25, 0.3) is 0 Å². The fourth-order valence-electron chi connectivity index (χ4n) is 1.74. The minimum Gasteiger partial charge on any atom is -0.312 e. The molecule has 1 aromatic carbocycles. The second kappa shape index (κ2) is 5.04. The van der Waals surface area contributed by atoms with Crippen LogP contribution in [0.15, 0.2) is 18.2 Å². The Morgan fingerprint density at radius 3 is 2.78 bits per heavy atom. The zero-order valence-electron chi connectivity index (χ0n) is 10.4. The van der Waals surface area contributed by atoms with Crippen molar-refractivity contribution in [3.63, 3.8) is 0 Å². The van der Waals surface area contributed by atoms with Crippen LogP contribution in [0, 0.1) is 12.7 Å². The Morgan fingerprint density at radius 2 is 2.17 bits per heavy atom. The van der Waals surface area contributed by atoms with Gasteiger partial charge in [-0.25, -0.2) is 9.07 Å². The summed E-state index contributed by atoms with van der Waals surface area (Å²) in [5, 5.41) is 11.4. The maximum Gasteiger partial charge on any atom is 0.141 e. The highest BCUT2D eigenvalue weighted by molar-refractivity contribution is 6.30. The monoisotopic (exact) mass is 268 g/mol. The number of benzene rings is 1. The van der Waals surface area contributed by atoms with E-state index in [9.17, 15) is 4.39 Å². The van der Waals surface area contributed by atoms with Crippen LogP contribution in [0.4, 0.5) is 4.39 Å². The molecular weight excluding hydrogens is 255 g/mol. The molecule has 0 aliphatic carbocycles. The Hall–Kier alpha value is -1.46. The van der Waals surface area contributed by atoms with Crippen LogP contribution >= 0.6 is 11.6 Å². The van der Waals surface area contributed by atoms with Gasteiger partial charge in [0, 0.05) is 0 Å². The number of hydrogen-bond acceptors (Lipinski definition) is 3. The van der Waals surface area contributed by atoms with E-state index in [2.05, 4.69) is 15.6 Å². The molecule has 2 aromatic rings. The summed E-state index contributed by atoms with van der Waals surface area (Å²) in [6.45, 7) is 3.92. The molecule has 0 fully saturated rings. The molecule has 0 saturated carbocycles. The summed E-state index contributed by atoms with van der Waals surface area (Å²) in [7, 11) is 1.86. The van der Waals surface area contributed by atoms with Crippen LogP contribution < -0.4 is 5.32 Å². The van der Waals surface area contributed by atoms with Crippen molar-refractivity contribution >= 4 is 11.6 Å². The van der Waals surface area contributed by atoms with E-state index in [0.29, 0.717) is 5.69 Å². The molecule has 1 atom stereocenters. The van der Waals surface area contributed by atoms with Gasteiger partial charge in [-0.05, 0) is 39.1 Å². The lowest BCUT2D eigenvalue weighted by atomic mass is 10.2. The fraction of sp³-hybridized carbons (Fsp3) is 0.333. The van der Waals surface area contributed by atoms with E-state index in [1.54, 1.807) is 10.7 Å². The first kappa shape index (κ1) is 13.0. The molecule has 0 bridgehead atoms. The first-order valence-electron chi connectivity index (χ1n) is 5.59. The molecule has 0 radical (unpaired) electrons. The van der Waals surface area contributed by atoms with Crippen LogP contribution in [0.1, 0.15) is 24.4 Å². The topological polar surface area (TPSA) is 42.7 Å². The highest BCUT2D eigenvalue weighted by atomic mass is 35.5. The number of aromatic nitrogens is 3. The van der Waals surface area contributed by atoms with E-state index in [1.807, 2.05) is 20.9 Å². The minimum atomic E-state index is -0.443. The lowest BCUT2D eigenvalue weighted by molar-refractivity contribution is 0.627. The third-order valence-corrected chi connectivity index (χ3v) is 3.21. The number of nitrogens with zero attached hydrogens (tertiary/aromatic N) is 3. The quantitative estimate of drug-likeness (QED) is 0.931. The lowest BCUT2D eigenvalue weighted by Crippen LogP contribution is -2.14. The van der Waals surface area contributed by atoms with Crippen LogP contribution in [0.25, 0.3) is 5.69 Å². The lowest BCUT2D eigenvalue weighted by Gasteiger charge is -2.08. The van der Waals surface area contributed by atoms with Crippen molar-refractivity contribution in [1.29, 1.82) is 0 Å². The first-order valence-corrected chi connectivity index (χ1v) is 5.97. The summed E-state index contributed by atoms with van der Waals surface area (Å²) < 4.78 is 14.8. The predicted molar refractivity (Wildman–Crippen MR) is 68.5 cm³/mol. The molecule has 0 aliphatic rings. The largest absolute Gasteiger partial charge is 0.312 e. The highest BCUT2D eigenvalue weighted by Gasteiger charge is 2.15. The zero-order valence-corrected chi connectivity index (χ0v) is 11.2. The number of nitrogens with one attached hydrogen (secondary N) is 1. The predicted octanol–water partition coefficient (Wildman–Crippen LogP) is 2.65. The van der Waals surface area contributed by atoms with E-state index < -0.39 is 5.82 Å². The molecule has 0 saturated heterocycles. The smallest absolute Gasteiger partial charge is 0.141 e. The van der Waals surface area contributed by atoms with Crippen LogP contribution in [0.2, 0.25) is 5.02 Å². The SMILES string of the molecule is CNC(C)c1nnn(-c2ccc(F)c(Cl)c2)c1C. The molecule has 1 aromatic heterocycles. The second-order valence-corrected chi connectivity index (χ2v) is 4.49. The average molecular weight is 269 g/mol. The Labute approximate surface area is 110 Å². The van der Waals surface area contributed by atoms with Gasteiger partial charge in [-0.3, -0.25) is 0 Å². The van der Waals surface area contributed by atoms with E-state index in [-0.39, 0.29) is 11.1 Å². The summed E-state index contributed by atoms with van der Waals surface area (Å²) >= 11 is 5.76. The highest BCUT2D eigenvalue weighted by Crippen LogP contribution is 2.21. The van der Waals surface area contributed by atoms with Crippen molar-refractivity contribution in [2.75, 3.05) is 7.05 Å². The number of hydrogen-bond donors (Lipinski definition) is 1. The van der Waals surface area contributed by atoms with Crippen LogP contribution in [-0.2, 0) is 0 Å². The molecule has 4 nitrogen and oxygen atoms in total. The van der Waals surface area contributed by atoms with Crippen LogP contribution in [0.3, 0.4) is 0 Å². The van der Waals surface area contributed by atoms with Crippen molar-refractivity contribution in [2.45, 2.75) is 19.9 Å². The van der Waals surface area contributed by atoms with E-state index in [0.717, 1.165) is 11.4 Å². The van der Waals surface area contributed by atoms with Gasteiger partial charge in [-0.2, -0.15) is 0 Å². The first-order chi connectivity index (χ1) is 8.54. The van der Waals surface area contributed by atoms with Crippen LogP contribution in [-0.4, -0.2) is 22.0 Å². The Morgan fingerprint density at radius 1 is 1.44 bits per heavy atom. The summed E-state index contributed by atoms with van der Waals surface area (Å²) in [5.41, 5.74) is 2.46. The van der Waals surface area contributed by atoms with Crippen molar-refractivity contribution in [2.24, 2.45) is 0 Å². The van der Waals surface area contributed by atoms with Crippen molar-refractivity contribution in [1.82, 2.24) is 20.3 Å². The molecule has 2 rings (SSSR count). The van der Waals surface area contributed by atoms with E-state index in [1.165, 1.54) is 12.1 Å². The Bertz CT molecular complexity index is 567. The van der Waals surface area contributed by atoms with Gasteiger partial charge in [0.15, 0.2) is 0 Å². The molecule has 0 amide bonds. The fourth-order valence-corrected chi connectivity index (χ4v) is 1.91. The molecule has 6 heteroatoms. The molecule has 1 heterocycles. The normalized spacial score (nSPS) is 12.7. The van der Waals surface area contributed by atoms with Gasteiger partial charge in [0.05, 0.1) is 22.4 Å². The van der Waals surface area contributed by atoms with E-state index in [4.69, 9.17) is 11.6 Å². The van der Waals surface area contributed by atoms with Gasteiger partial charge in [0.1, 0.15) is 11.5 Å². The Kier molecular flexibility index (Phi) is 3.63. The van der Waals surface area contributed by atoms with Crippen molar-refractivity contribution in [3.8, 4) is 5.69 Å². The van der Waals surface area contributed by atoms with Gasteiger partial charge < -0.3 is 5.32 Å². The maximum absolute atomic E-state index is 13.1. The van der Waals surface area contributed by atoms with E-state index >= 15 is 0 Å². The standard InChI is InChI=1S/C12H14ClFN4/c1-7(15-3)12-8(2)18(17-16-12)9-4-5-11(14)10(13)6-9/h4-7,15H,1-3H3. The molecular formula is C12H14ClFN4. The average Bonchev–Trinajstić information content (AvgIpc) is 2.74. The summed E-state index contributed by atoms with van der Waals surface area (Å²) in [5.74, 6) is -0.443. The van der Waals surface area contributed by atoms with Gasteiger partial charge in [-0.1, -0.05) is 16.8 Å². The third-order valence-electron chi connectivity index (χ3n) is 2.92. The Balaban J connectivity index is 2.45. The molecule has 1 N–H and O–H groups in total.